The second kappa shape index (κ2) is 5.09. The Morgan fingerprint density at radius 1 is 1.40 bits per heavy atom. The molecule has 1 aliphatic heterocycles. The van der Waals surface area contributed by atoms with Crippen molar-refractivity contribution >= 4 is 11.6 Å². The molecule has 3 rings (SSSR count). The highest BCUT2D eigenvalue weighted by atomic mass is 19.1. The second-order valence-corrected chi connectivity index (χ2v) is 4.88. The number of hydrogen-bond acceptors (Lipinski definition) is 3. The van der Waals surface area contributed by atoms with E-state index in [9.17, 15) is 9.18 Å². The van der Waals surface area contributed by atoms with Crippen molar-refractivity contribution in [1.29, 1.82) is 0 Å². The van der Waals surface area contributed by atoms with Gasteiger partial charge in [0.2, 0.25) is 0 Å². The van der Waals surface area contributed by atoms with Crippen molar-refractivity contribution in [2.45, 2.75) is 19.9 Å². The molecule has 0 spiro atoms. The molecular weight excluding hydrogens is 259 g/mol. The Hall–Kier alpha value is -2.14. The Bertz CT molecular complexity index is 664. The molecule has 0 saturated carbocycles. The number of anilines is 1. The number of rotatable bonds is 2. The van der Waals surface area contributed by atoms with Crippen LogP contribution < -0.4 is 10.6 Å². The van der Waals surface area contributed by atoms with Crippen molar-refractivity contribution in [3.63, 3.8) is 0 Å². The first-order valence-electron chi connectivity index (χ1n) is 6.53. The second-order valence-electron chi connectivity index (χ2n) is 4.88. The number of nitrogens with one attached hydrogen (secondary N) is 2. The monoisotopic (exact) mass is 274 g/mol. The predicted octanol–water partition coefficient (Wildman–Crippen LogP) is 2.63. The predicted molar refractivity (Wildman–Crippen MR) is 73.2 cm³/mol. The molecule has 5 heteroatoms. The zero-order valence-corrected chi connectivity index (χ0v) is 11.1. The maximum absolute atomic E-state index is 14.4. The molecule has 1 aliphatic rings. The van der Waals surface area contributed by atoms with E-state index in [1.807, 2.05) is 6.07 Å². The molecule has 0 aliphatic carbocycles. The van der Waals surface area contributed by atoms with Crippen LogP contribution in [0.5, 0.6) is 0 Å². The Labute approximate surface area is 116 Å². The van der Waals surface area contributed by atoms with E-state index in [0.717, 1.165) is 17.7 Å². The van der Waals surface area contributed by atoms with E-state index >= 15 is 0 Å². The lowest BCUT2D eigenvalue weighted by molar-refractivity contribution is 0.0995. The summed E-state index contributed by atoms with van der Waals surface area (Å²) in [7, 11) is 0. The molecule has 20 heavy (non-hydrogen) atoms. The van der Waals surface area contributed by atoms with Gasteiger partial charge in [-0.25, -0.2) is 4.39 Å². The van der Waals surface area contributed by atoms with E-state index < -0.39 is 5.91 Å². The molecule has 1 aromatic heterocycles. The largest absolute Gasteiger partial charge is 0.459 e. The van der Waals surface area contributed by atoms with Crippen molar-refractivity contribution in [2.75, 3.05) is 11.9 Å². The summed E-state index contributed by atoms with van der Waals surface area (Å²) in [4.78, 5) is 12.0. The first-order valence-corrected chi connectivity index (χ1v) is 6.53. The molecule has 0 radical (unpaired) electrons. The summed E-state index contributed by atoms with van der Waals surface area (Å²) in [6.45, 7) is 3.18. The summed E-state index contributed by atoms with van der Waals surface area (Å²) in [6, 6.07) is 5.14. The van der Waals surface area contributed by atoms with E-state index in [4.69, 9.17) is 4.42 Å². The topological polar surface area (TPSA) is 54.3 Å². The van der Waals surface area contributed by atoms with Crippen molar-refractivity contribution in [2.24, 2.45) is 0 Å². The van der Waals surface area contributed by atoms with Crippen LogP contribution in [0, 0.1) is 12.7 Å². The van der Waals surface area contributed by atoms with Crippen LogP contribution in [0.4, 0.5) is 10.1 Å². The summed E-state index contributed by atoms with van der Waals surface area (Å²) in [5.74, 6) is -0.564. The van der Waals surface area contributed by atoms with Gasteiger partial charge >= 0.3 is 0 Å². The van der Waals surface area contributed by atoms with Gasteiger partial charge in [0.05, 0.1) is 12.0 Å². The van der Waals surface area contributed by atoms with Crippen LogP contribution in [0.1, 0.15) is 27.2 Å². The van der Waals surface area contributed by atoms with E-state index in [0.29, 0.717) is 18.5 Å². The number of amides is 1. The van der Waals surface area contributed by atoms with Gasteiger partial charge in [-0.15, -0.1) is 0 Å². The van der Waals surface area contributed by atoms with E-state index in [1.165, 1.54) is 6.26 Å². The Morgan fingerprint density at radius 3 is 3.00 bits per heavy atom. The molecule has 0 atom stereocenters. The molecule has 1 amide bonds. The average molecular weight is 274 g/mol. The molecular formula is C15H15FN2O2. The van der Waals surface area contributed by atoms with Gasteiger partial charge in [-0.3, -0.25) is 4.79 Å². The van der Waals surface area contributed by atoms with E-state index in [2.05, 4.69) is 10.6 Å². The minimum atomic E-state index is -0.430. The van der Waals surface area contributed by atoms with Crippen molar-refractivity contribution < 1.29 is 13.6 Å². The summed E-state index contributed by atoms with van der Waals surface area (Å²) in [6.07, 6.45) is 2.07. The van der Waals surface area contributed by atoms with Crippen LogP contribution in [0.15, 0.2) is 28.9 Å². The molecule has 0 unspecified atom stereocenters. The van der Waals surface area contributed by atoms with Gasteiger partial charge in [0.25, 0.3) is 5.91 Å². The fraction of sp³-hybridized carbons (Fsp3) is 0.267. The quantitative estimate of drug-likeness (QED) is 0.885. The standard InChI is InChI=1S/C15H15FN2O2/c1-9-5-7-20-14(9)15(19)18-12-3-2-10-8-17-6-4-11(10)13(12)16/h2-3,5,7,17H,4,6,8H2,1H3,(H,18,19). The zero-order valence-electron chi connectivity index (χ0n) is 11.1. The number of benzene rings is 1. The van der Waals surface area contributed by atoms with Crippen molar-refractivity contribution in [3.05, 3.63) is 52.7 Å². The van der Waals surface area contributed by atoms with Gasteiger partial charge in [0, 0.05) is 12.1 Å². The van der Waals surface area contributed by atoms with Crippen molar-refractivity contribution in [1.82, 2.24) is 5.32 Å². The lowest BCUT2D eigenvalue weighted by Crippen LogP contribution is -2.25. The molecule has 2 aromatic rings. The SMILES string of the molecule is Cc1ccoc1C(=O)Nc1ccc2c(c1F)CCNC2. The first kappa shape index (κ1) is 12.9. The molecule has 4 nitrogen and oxygen atoms in total. The molecule has 0 fully saturated rings. The first-order chi connectivity index (χ1) is 9.66. The molecule has 104 valence electrons. The summed E-state index contributed by atoms with van der Waals surface area (Å²) < 4.78 is 19.5. The highest BCUT2D eigenvalue weighted by molar-refractivity contribution is 6.03. The van der Waals surface area contributed by atoms with Crippen LogP contribution in [-0.4, -0.2) is 12.5 Å². The smallest absolute Gasteiger partial charge is 0.291 e. The average Bonchev–Trinajstić information content (AvgIpc) is 2.88. The van der Waals surface area contributed by atoms with Crippen molar-refractivity contribution in [3.8, 4) is 0 Å². The molecule has 1 aromatic carbocycles. The number of hydrogen-bond donors (Lipinski definition) is 2. The normalized spacial score (nSPS) is 13.9. The Balaban J connectivity index is 1.88. The fourth-order valence-corrected chi connectivity index (χ4v) is 2.41. The minimum absolute atomic E-state index is 0.200. The highest BCUT2D eigenvalue weighted by Gasteiger charge is 2.19. The van der Waals surface area contributed by atoms with Gasteiger partial charge in [0.15, 0.2) is 5.76 Å². The lowest BCUT2D eigenvalue weighted by atomic mass is 9.99. The van der Waals surface area contributed by atoms with E-state index in [1.54, 1.807) is 19.1 Å². The summed E-state index contributed by atoms with van der Waals surface area (Å²) in [5, 5.41) is 5.76. The van der Waals surface area contributed by atoms with Gasteiger partial charge < -0.3 is 15.1 Å². The van der Waals surface area contributed by atoms with Crippen LogP contribution in [0.2, 0.25) is 0 Å². The molecule has 2 N–H and O–H groups in total. The van der Waals surface area contributed by atoms with Gasteiger partial charge in [-0.2, -0.15) is 0 Å². The maximum atomic E-state index is 14.4. The fourth-order valence-electron chi connectivity index (χ4n) is 2.41. The zero-order chi connectivity index (χ0) is 14.1. The maximum Gasteiger partial charge on any atom is 0.291 e. The number of aryl methyl sites for hydroxylation is 1. The van der Waals surface area contributed by atoms with Crippen LogP contribution in [-0.2, 0) is 13.0 Å². The van der Waals surface area contributed by atoms with Gasteiger partial charge in [0.1, 0.15) is 5.82 Å². The molecule has 0 bridgehead atoms. The third-order valence-electron chi connectivity index (χ3n) is 3.52. The van der Waals surface area contributed by atoms with Gasteiger partial charge in [-0.1, -0.05) is 6.07 Å². The highest BCUT2D eigenvalue weighted by Crippen LogP contribution is 2.25. The van der Waals surface area contributed by atoms with Crippen LogP contribution in [0.25, 0.3) is 0 Å². The molecule has 2 heterocycles. The van der Waals surface area contributed by atoms with Gasteiger partial charge in [-0.05, 0) is 43.1 Å². The number of carbonyl (C=O) groups excluding carboxylic acids is 1. The number of halogens is 1. The van der Waals surface area contributed by atoms with E-state index in [-0.39, 0.29) is 17.3 Å². The minimum Gasteiger partial charge on any atom is -0.459 e. The third kappa shape index (κ3) is 2.20. The lowest BCUT2D eigenvalue weighted by Gasteiger charge is -2.19. The Kier molecular flexibility index (Phi) is 3.28. The number of furan rings is 1. The van der Waals surface area contributed by atoms with Crippen LogP contribution in [0.3, 0.4) is 0 Å². The molecule has 0 saturated heterocycles. The number of fused-ring (bicyclic) bond motifs is 1. The van der Waals surface area contributed by atoms with Crippen LogP contribution >= 0.6 is 0 Å². The summed E-state index contributed by atoms with van der Waals surface area (Å²) >= 11 is 0. The summed E-state index contributed by atoms with van der Waals surface area (Å²) in [5.41, 5.74) is 2.55. The Morgan fingerprint density at radius 2 is 2.25 bits per heavy atom. The number of carbonyl (C=O) groups is 1. The third-order valence-corrected chi connectivity index (χ3v) is 3.52.